The monoisotopic (exact) mass is 617 g/mol. The van der Waals surface area contributed by atoms with Gasteiger partial charge in [-0.1, -0.05) is 11.2 Å². The number of carboxylic acid groups (broad SMARTS) is 1. The van der Waals surface area contributed by atoms with Crippen LogP contribution in [0.5, 0.6) is 0 Å². The maximum Gasteiger partial charge on any atom is 0.352 e. The number of nitrogens with zero attached hydrogens (tertiary/aromatic N) is 5. The summed E-state index contributed by atoms with van der Waals surface area (Å²) in [5.41, 5.74) is 7.03. The summed E-state index contributed by atoms with van der Waals surface area (Å²) in [6.07, 6.45) is 6.41. The number of esters is 1. The highest BCUT2D eigenvalue weighted by Crippen LogP contribution is 2.40. The van der Waals surface area contributed by atoms with Gasteiger partial charge in [0.2, 0.25) is 0 Å². The topological polar surface area (TPSA) is 190 Å². The number of thiazole rings is 1. The van der Waals surface area contributed by atoms with Gasteiger partial charge >= 0.3 is 11.9 Å². The van der Waals surface area contributed by atoms with Crippen molar-refractivity contribution >= 4 is 57.7 Å². The van der Waals surface area contributed by atoms with Crippen LogP contribution in [-0.4, -0.2) is 98.8 Å². The second-order valence-corrected chi connectivity index (χ2v) is 11.5. The lowest BCUT2D eigenvalue weighted by molar-refractivity contribution is -0.150. The van der Waals surface area contributed by atoms with E-state index in [1.807, 2.05) is 18.5 Å². The summed E-state index contributed by atoms with van der Waals surface area (Å²) in [6, 6.07) is 3.82. The third-order valence-corrected chi connectivity index (χ3v) is 8.75. The molecule has 0 aliphatic carbocycles. The van der Waals surface area contributed by atoms with Crippen molar-refractivity contribution in [2.75, 3.05) is 38.8 Å². The van der Waals surface area contributed by atoms with Crippen molar-refractivity contribution < 1.29 is 33.9 Å². The Labute approximate surface area is 249 Å². The van der Waals surface area contributed by atoms with Gasteiger partial charge in [-0.05, 0) is 38.1 Å². The van der Waals surface area contributed by atoms with E-state index in [4.69, 9.17) is 10.5 Å². The number of rotatable bonds is 8. The predicted molar refractivity (Wildman–Crippen MR) is 155 cm³/mol. The number of nitrogens with two attached hydrogens (primary N) is 1. The van der Waals surface area contributed by atoms with Gasteiger partial charge in [-0.25, -0.2) is 9.78 Å². The Morgan fingerprint density at radius 1 is 1.33 bits per heavy atom. The third kappa shape index (κ3) is 6.88. The molecule has 224 valence electrons. The van der Waals surface area contributed by atoms with Crippen molar-refractivity contribution in [1.29, 1.82) is 0 Å². The molecule has 0 radical (unpaired) electrons. The number of anilines is 1. The number of likely N-dealkylation sites (tertiary alicyclic amines) is 1. The van der Waals surface area contributed by atoms with E-state index in [-0.39, 0.29) is 34.6 Å². The summed E-state index contributed by atoms with van der Waals surface area (Å²) >= 11 is 2.35. The summed E-state index contributed by atoms with van der Waals surface area (Å²) in [5, 5.41) is 16.9. The number of thioether (sulfide) groups is 1. The maximum absolute atomic E-state index is 12.7. The first-order chi connectivity index (χ1) is 20.1. The first-order valence-corrected chi connectivity index (χ1v) is 14.8. The van der Waals surface area contributed by atoms with Crippen LogP contribution >= 0.6 is 23.1 Å². The van der Waals surface area contributed by atoms with E-state index in [1.165, 1.54) is 56.1 Å². The Morgan fingerprint density at radius 2 is 2.12 bits per heavy atom. The van der Waals surface area contributed by atoms with Crippen LogP contribution in [0.2, 0.25) is 0 Å². The van der Waals surface area contributed by atoms with Crippen molar-refractivity contribution in [2.24, 2.45) is 5.16 Å². The molecular formula is C26H31N7O7S2. The lowest BCUT2D eigenvalue weighted by Crippen LogP contribution is -2.71. The number of fused-ring (bicyclic) bond motifs is 1. The maximum atomic E-state index is 12.7. The molecule has 2 aromatic rings. The largest absolute Gasteiger partial charge is 0.477 e. The molecule has 16 heteroatoms. The highest BCUT2D eigenvalue weighted by molar-refractivity contribution is 8.00. The second kappa shape index (κ2) is 13.8. The molecule has 2 saturated heterocycles. The molecule has 0 saturated carbocycles. The van der Waals surface area contributed by atoms with Crippen LogP contribution in [0.25, 0.3) is 0 Å². The molecule has 14 nitrogen and oxygen atoms in total. The van der Waals surface area contributed by atoms with E-state index >= 15 is 0 Å². The molecule has 2 amide bonds. The van der Waals surface area contributed by atoms with E-state index in [9.17, 15) is 24.3 Å². The van der Waals surface area contributed by atoms with Crippen molar-refractivity contribution in [3.8, 4) is 0 Å². The number of amides is 2. The number of oxime groups is 1. The van der Waals surface area contributed by atoms with E-state index in [0.717, 1.165) is 16.2 Å². The minimum atomic E-state index is -1.32. The Hall–Kier alpha value is -4.02. The van der Waals surface area contributed by atoms with Crippen molar-refractivity contribution in [3.05, 3.63) is 52.4 Å². The molecule has 0 unspecified atom stereocenters. The fraction of sp³-hybridized carbons (Fsp3) is 0.423. The number of hydrogen-bond donors (Lipinski definition) is 3. The Balaban J connectivity index is 0.000000279. The zero-order valence-electron chi connectivity index (χ0n) is 23.2. The molecule has 3 aliphatic rings. The first-order valence-electron chi connectivity index (χ1n) is 12.9. The second-order valence-electron chi connectivity index (χ2n) is 9.52. The van der Waals surface area contributed by atoms with Crippen molar-refractivity contribution in [3.63, 3.8) is 0 Å². The van der Waals surface area contributed by atoms with E-state index in [0.29, 0.717) is 11.6 Å². The van der Waals surface area contributed by atoms with Gasteiger partial charge in [-0.15, -0.1) is 23.1 Å². The number of hydrogen-bond acceptors (Lipinski definition) is 13. The lowest BCUT2D eigenvalue weighted by atomic mass is 10.0. The van der Waals surface area contributed by atoms with Crippen LogP contribution in [0.15, 0.2) is 46.3 Å². The zero-order chi connectivity index (χ0) is 30.4. The predicted octanol–water partition coefficient (Wildman–Crippen LogP) is 1.23. The molecule has 42 heavy (non-hydrogen) atoms. The fourth-order valence-electron chi connectivity index (χ4n) is 4.79. The zero-order valence-corrected chi connectivity index (χ0v) is 24.8. The molecule has 0 bridgehead atoms. The number of carboxylic acids is 1. The number of aromatic nitrogens is 2. The number of carbonyl (C=O) groups is 4. The third-order valence-electron chi connectivity index (χ3n) is 6.74. The van der Waals surface area contributed by atoms with Crippen LogP contribution in [0, 0.1) is 0 Å². The SMILES string of the molecule is CN1CCC[C@H]1c1cccnc1.CO/N=C(/C(=O)N[C@@H]1C(=O)N2C(C(=O)O)=C(COC(C)=O)CS[C@H]12)c1csc(N)n1. The van der Waals surface area contributed by atoms with Gasteiger partial charge in [-0.2, -0.15) is 0 Å². The standard InChI is InChI=1S/C16H17N5O7S2.C10H14N2/c1-6(22)28-3-7-4-29-14-10(13(24)21(14)11(7)15(25)26)19-12(23)9(20-27-2)8-5-30-16(17)18-8;1-12-7-3-5-10(12)9-4-2-6-11-8-9/h5,10,14H,3-4H2,1-2H3,(H2,17,18)(H,19,23)(H,25,26);2,4,6,8,10H,3,5,7H2,1H3/b20-9+;/t10-,14-;10-/m10/s1. The smallest absolute Gasteiger partial charge is 0.352 e. The molecular weight excluding hydrogens is 586 g/mol. The van der Waals surface area contributed by atoms with Crippen LogP contribution in [0.1, 0.15) is 37.1 Å². The minimum absolute atomic E-state index is 0.165. The van der Waals surface area contributed by atoms with Crippen molar-refractivity contribution in [2.45, 2.75) is 37.2 Å². The van der Waals surface area contributed by atoms with Gasteiger partial charge in [0.1, 0.15) is 36.5 Å². The fourth-order valence-corrected chi connectivity index (χ4v) is 6.66. The molecule has 5 rings (SSSR count). The van der Waals surface area contributed by atoms with Gasteiger partial charge in [-0.3, -0.25) is 29.2 Å². The normalized spacial score (nSPS) is 22.0. The van der Waals surface area contributed by atoms with Crippen LogP contribution < -0.4 is 11.1 Å². The van der Waals surface area contributed by atoms with Gasteiger partial charge < -0.3 is 25.7 Å². The summed E-state index contributed by atoms with van der Waals surface area (Å²) < 4.78 is 4.88. The van der Waals surface area contributed by atoms with Gasteiger partial charge in [0.05, 0.1) is 0 Å². The van der Waals surface area contributed by atoms with Crippen LogP contribution in [0.4, 0.5) is 5.13 Å². The van der Waals surface area contributed by atoms with Gasteiger partial charge in [0.25, 0.3) is 11.8 Å². The number of nitrogen functional groups attached to an aromatic ring is 1. The number of aliphatic carboxylic acids is 1. The molecule has 4 N–H and O–H groups in total. The summed E-state index contributed by atoms with van der Waals surface area (Å²) in [4.78, 5) is 64.3. The van der Waals surface area contributed by atoms with Crippen molar-refractivity contribution in [1.82, 2.24) is 25.1 Å². The molecule has 3 atom stereocenters. The van der Waals surface area contributed by atoms with E-state index in [1.54, 1.807) is 0 Å². The Kier molecular flexibility index (Phi) is 10.1. The summed E-state index contributed by atoms with van der Waals surface area (Å²) in [7, 11) is 3.44. The highest BCUT2D eigenvalue weighted by atomic mass is 32.2. The average molecular weight is 618 g/mol. The molecule has 0 spiro atoms. The quantitative estimate of drug-likeness (QED) is 0.166. The molecule has 3 aliphatic heterocycles. The van der Waals surface area contributed by atoms with Crippen LogP contribution in [-0.2, 0) is 28.8 Å². The minimum Gasteiger partial charge on any atom is -0.477 e. The lowest BCUT2D eigenvalue weighted by Gasteiger charge is -2.49. The summed E-state index contributed by atoms with van der Waals surface area (Å²) in [5.74, 6) is -2.98. The number of nitrogens with one attached hydrogen (secondary N) is 1. The van der Waals surface area contributed by atoms with Gasteiger partial charge in [0.15, 0.2) is 10.8 Å². The molecule has 2 fully saturated rings. The van der Waals surface area contributed by atoms with Gasteiger partial charge in [0, 0.05) is 42.1 Å². The first kappa shape index (κ1) is 30.9. The van der Waals surface area contributed by atoms with E-state index < -0.39 is 35.2 Å². The molecule has 5 heterocycles. The van der Waals surface area contributed by atoms with Crippen LogP contribution in [0.3, 0.4) is 0 Å². The highest BCUT2D eigenvalue weighted by Gasteiger charge is 2.54. The number of β-lactam (4-membered cyclic amide) rings is 1. The van der Waals surface area contributed by atoms with E-state index in [2.05, 4.69) is 43.3 Å². The number of carbonyl (C=O) groups excluding carboxylic acids is 3. The summed E-state index contributed by atoms with van der Waals surface area (Å²) in [6.45, 7) is 2.20. The molecule has 2 aromatic heterocycles. The number of ether oxygens (including phenoxy) is 1. The molecule has 0 aromatic carbocycles. The number of pyridine rings is 1. The Bertz CT molecular complexity index is 1400. The average Bonchev–Trinajstić information content (AvgIpc) is 3.61. The Morgan fingerprint density at radius 3 is 2.69 bits per heavy atom.